The topological polar surface area (TPSA) is 65.7 Å². The number of aliphatic hydroxyl groups excluding tert-OH is 1. The Morgan fingerprint density at radius 1 is 1.27 bits per heavy atom. The second-order valence-corrected chi connectivity index (χ2v) is 8.93. The maximum Gasteiger partial charge on any atom is 0.307 e. The Morgan fingerprint density at radius 2 is 1.97 bits per heavy atom. The molecule has 4 rings (SSSR count). The molecule has 5 nitrogen and oxygen atoms in total. The van der Waals surface area contributed by atoms with Gasteiger partial charge < -0.3 is 19.1 Å². The third-order valence-electron chi connectivity index (χ3n) is 5.97. The molecule has 2 N–H and O–H groups in total. The van der Waals surface area contributed by atoms with Gasteiger partial charge in [-0.15, -0.1) is 0 Å². The number of halogens is 1. The number of hydrogen-bond acceptors (Lipinski definition) is 4. The number of aryl methyl sites for hydroxylation is 1. The van der Waals surface area contributed by atoms with E-state index < -0.39 is 5.97 Å². The monoisotopic (exact) mass is 444 g/mol. The van der Waals surface area contributed by atoms with Gasteiger partial charge in [0.1, 0.15) is 0 Å². The number of carboxylic acids is 1. The van der Waals surface area contributed by atoms with Gasteiger partial charge in [0.05, 0.1) is 23.7 Å². The highest BCUT2D eigenvalue weighted by Gasteiger charge is 2.33. The molecule has 1 atom stereocenters. The minimum absolute atomic E-state index is 0.0517. The number of carbonyl (C=O) groups is 1. The van der Waals surface area contributed by atoms with Crippen LogP contribution in [0.2, 0.25) is 5.02 Å². The summed E-state index contributed by atoms with van der Waals surface area (Å²) in [6.45, 7) is 5.02. The van der Waals surface area contributed by atoms with E-state index in [-0.39, 0.29) is 19.1 Å². The zero-order valence-corrected chi connectivity index (χ0v) is 18.8. The van der Waals surface area contributed by atoms with Gasteiger partial charge in [-0.1, -0.05) is 35.7 Å². The number of aliphatic hydroxyl groups is 1. The van der Waals surface area contributed by atoms with Crippen LogP contribution in [0.1, 0.15) is 23.2 Å². The van der Waals surface area contributed by atoms with Gasteiger partial charge in [0.2, 0.25) is 0 Å². The van der Waals surface area contributed by atoms with Crippen molar-refractivity contribution in [3.8, 4) is 11.1 Å². The molecule has 0 bridgehead atoms. The summed E-state index contributed by atoms with van der Waals surface area (Å²) in [6, 6.07) is 9.91. The van der Waals surface area contributed by atoms with E-state index in [0.29, 0.717) is 11.4 Å². The number of anilines is 1. The van der Waals surface area contributed by atoms with E-state index in [1.807, 2.05) is 37.4 Å². The summed E-state index contributed by atoms with van der Waals surface area (Å²) in [6.07, 6.45) is 2.64. The molecule has 1 unspecified atom stereocenters. The van der Waals surface area contributed by atoms with E-state index in [9.17, 15) is 15.0 Å². The summed E-state index contributed by atoms with van der Waals surface area (Å²) in [5.41, 5.74) is 7.07. The Balaban J connectivity index is 2.10. The van der Waals surface area contributed by atoms with E-state index in [0.717, 1.165) is 51.1 Å². The second-order valence-electron chi connectivity index (χ2n) is 7.74. The highest BCUT2D eigenvalue weighted by Crippen LogP contribution is 2.47. The predicted molar refractivity (Wildman–Crippen MR) is 125 cm³/mol. The van der Waals surface area contributed by atoms with Gasteiger partial charge in [-0.25, -0.2) is 0 Å². The highest BCUT2D eigenvalue weighted by atomic mass is 35.5. The number of aromatic nitrogens is 1. The molecule has 0 fully saturated rings. The summed E-state index contributed by atoms with van der Waals surface area (Å²) in [7, 11) is 0. The van der Waals surface area contributed by atoms with Crippen LogP contribution in [0.15, 0.2) is 30.3 Å². The highest BCUT2D eigenvalue weighted by molar-refractivity contribution is 8.00. The van der Waals surface area contributed by atoms with Crippen LogP contribution in [0.4, 0.5) is 5.69 Å². The van der Waals surface area contributed by atoms with Crippen LogP contribution < -0.4 is 4.31 Å². The van der Waals surface area contributed by atoms with Gasteiger partial charge in [-0.3, -0.25) is 4.79 Å². The Hall–Kier alpha value is -2.15. The fourth-order valence-corrected chi connectivity index (χ4v) is 5.68. The van der Waals surface area contributed by atoms with Crippen LogP contribution >= 0.6 is 23.5 Å². The van der Waals surface area contributed by atoms with Crippen molar-refractivity contribution >= 4 is 46.1 Å². The molecule has 2 heterocycles. The Bertz CT molecular complexity index is 1120. The van der Waals surface area contributed by atoms with Gasteiger partial charge in [0.15, 0.2) is 0 Å². The maximum atomic E-state index is 11.8. The van der Waals surface area contributed by atoms with Crippen LogP contribution in [0.25, 0.3) is 22.0 Å². The van der Waals surface area contributed by atoms with Crippen molar-refractivity contribution in [3.05, 3.63) is 52.2 Å². The first-order valence-electron chi connectivity index (χ1n) is 9.94. The molecule has 7 heteroatoms. The number of carboxylic acid groups (broad SMARTS) is 1. The average Bonchev–Trinajstić information content (AvgIpc) is 3.03. The molecule has 0 amide bonds. The fourth-order valence-electron chi connectivity index (χ4n) is 4.68. The smallest absolute Gasteiger partial charge is 0.307 e. The number of rotatable bonds is 6. The van der Waals surface area contributed by atoms with Crippen LogP contribution in [-0.4, -0.2) is 39.7 Å². The minimum Gasteiger partial charge on any atom is -0.481 e. The predicted octanol–water partition coefficient (Wildman–Crippen LogP) is 5.05. The van der Waals surface area contributed by atoms with Crippen LogP contribution in [0.5, 0.6) is 0 Å². The van der Waals surface area contributed by atoms with Crippen molar-refractivity contribution in [3.63, 3.8) is 0 Å². The Morgan fingerprint density at radius 3 is 2.57 bits per heavy atom. The lowest BCUT2D eigenvalue weighted by molar-refractivity contribution is -0.136. The summed E-state index contributed by atoms with van der Waals surface area (Å²) >= 11 is 7.74. The Labute approximate surface area is 185 Å². The first kappa shape index (κ1) is 21.1. The molecule has 1 aromatic heterocycles. The number of aliphatic carboxylic acids is 1. The van der Waals surface area contributed by atoms with Gasteiger partial charge in [-0.2, -0.15) is 0 Å². The third kappa shape index (κ3) is 3.37. The number of benzene rings is 2. The molecule has 0 spiro atoms. The summed E-state index contributed by atoms with van der Waals surface area (Å²) < 4.78 is 4.57. The molecule has 2 aromatic carbocycles. The average molecular weight is 445 g/mol. The van der Waals surface area contributed by atoms with Gasteiger partial charge in [-0.05, 0) is 60.7 Å². The molecule has 0 saturated heterocycles. The summed E-state index contributed by atoms with van der Waals surface area (Å²) in [5.74, 6) is -0.852. The standard InChI is InChI=1S/C23H25ClN2O3S/c1-13-10-19-21(15-4-6-16(24)7-5-15)18(11-20(28)29)14(2)22-23(19)25(13)12-17(8-9-27)26(22)30-3/h4-7,10,17,27H,8-9,11-12H2,1-3H3,(H,28,29). The fraction of sp³-hybridized carbons (Fsp3) is 0.348. The lowest BCUT2D eigenvalue weighted by atomic mass is 9.88. The minimum atomic E-state index is -0.852. The molecule has 158 valence electrons. The van der Waals surface area contributed by atoms with Crippen LogP contribution in [0, 0.1) is 13.8 Å². The second kappa shape index (κ2) is 8.17. The lowest BCUT2D eigenvalue weighted by Crippen LogP contribution is -2.38. The quantitative estimate of drug-likeness (QED) is 0.520. The van der Waals surface area contributed by atoms with Crippen molar-refractivity contribution < 1.29 is 15.0 Å². The van der Waals surface area contributed by atoms with E-state index in [2.05, 4.69) is 21.9 Å². The van der Waals surface area contributed by atoms with Crippen molar-refractivity contribution in [1.82, 2.24) is 4.57 Å². The van der Waals surface area contributed by atoms with E-state index in [1.54, 1.807) is 11.9 Å². The molecule has 0 aliphatic carbocycles. The number of hydrogen-bond donors (Lipinski definition) is 2. The largest absolute Gasteiger partial charge is 0.481 e. The van der Waals surface area contributed by atoms with E-state index in [4.69, 9.17) is 11.6 Å². The van der Waals surface area contributed by atoms with Gasteiger partial charge in [0.25, 0.3) is 0 Å². The van der Waals surface area contributed by atoms with Crippen molar-refractivity contribution in [2.24, 2.45) is 0 Å². The first-order valence-corrected chi connectivity index (χ1v) is 11.5. The molecular formula is C23H25ClN2O3S. The normalized spacial score (nSPS) is 15.8. The zero-order chi connectivity index (χ0) is 21.6. The first-order chi connectivity index (χ1) is 14.4. The molecule has 0 saturated carbocycles. The number of nitrogens with zero attached hydrogens (tertiary/aromatic N) is 2. The van der Waals surface area contributed by atoms with Crippen LogP contribution in [-0.2, 0) is 17.8 Å². The summed E-state index contributed by atoms with van der Waals surface area (Å²) in [4.78, 5) is 11.8. The van der Waals surface area contributed by atoms with Crippen molar-refractivity contribution in [1.29, 1.82) is 0 Å². The third-order valence-corrected chi connectivity index (χ3v) is 7.10. The van der Waals surface area contributed by atoms with Crippen molar-refractivity contribution in [2.45, 2.75) is 39.3 Å². The van der Waals surface area contributed by atoms with Gasteiger partial charge in [0, 0.05) is 35.5 Å². The van der Waals surface area contributed by atoms with E-state index in [1.165, 1.54) is 0 Å². The molecule has 0 radical (unpaired) electrons. The molecular weight excluding hydrogens is 420 g/mol. The zero-order valence-electron chi connectivity index (χ0n) is 17.3. The molecule has 3 aromatic rings. The van der Waals surface area contributed by atoms with E-state index >= 15 is 0 Å². The van der Waals surface area contributed by atoms with Crippen molar-refractivity contribution in [2.75, 3.05) is 17.2 Å². The molecule has 1 aliphatic heterocycles. The maximum absolute atomic E-state index is 11.8. The van der Waals surface area contributed by atoms with Gasteiger partial charge >= 0.3 is 5.97 Å². The summed E-state index contributed by atoms with van der Waals surface area (Å²) in [5, 5.41) is 21.0. The molecule has 30 heavy (non-hydrogen) atoms. The Kier molecular flexibility index (Phi) is 5.75. The van der Waals surface area contributed by atoms with Crippen LogP contribution in [0.3, 0.4) is 0 Å². The molecule has 1 aliphatic rings. The lowest BCUT2D eigenvalue weighted by Gasteiger charge is -2.39. The SMILES string of the molecule is CSN1c2c(C)c(CC(=O)O)c(-c3ccc(Cl)cc3)c3cc(C)n(c23)CC1CCO.